The van der Waals surface area contributed by atoms with Crippen molar-refractivity contribution >= 4 is 40.2 Å². The van der Waals surface area contributed by atoms with Crippen LogP contribution in [0.3, 0.4) is 0 Å². The molecule has 2 N–H and O–H groups in total. The number of oxime groups is 1. The molecule has 0 atom stereocenters. The average Bonchev–Trinajstić information content (AvgIpc) is 2.86. The van der Waals surface area contributed by atoms with Gasteiger partial charge in [0.2, 0.25) is 0 Å². The van der Waals surface area contributed by atoms with Gasteiger partial charge in [-0.05, 0) is 60.1 Å². The van der Waals surface area contributed by atoms with Gasteiger partial charge in [-0.15, -0.1) is 0 Å². The summed E-state index contributed by atoms with van der Waals surface area (Å²) in [6.07, 6.45) is 3.16. The Bertz CT molecular complexity index is 1320. The van der Waals surface area contributed by atoms with E-state index in [-0.39, 0.29) is 12.4 Å². The number of nitrogens with one attached hydrogen (secondary N) is 2. The molecule has 9 heteroatoms. The number of rotatable bonds is 11. The van der Waals surface area contributed by atoms with Crippen molar-refractivity contribution in [2.45, 2.75) is 13.5 Å². The fourth-order valence-electron chi connectivity index (χ4n) is 3.32. The Morgan fingerprint density at radius 1 is 1.09 bits per heavy atom. The van der Waals surface area contributed by atoms with E-state index in [9.17, 15) is 4.39 Å². The van der Waals surface area contributed by atoms with E-state index in [0.29, 0.717) is 23.2 Å². The molecule has 0 aliphatic heterocycles. The number of fused-ring (bicyclic) bond motifs is 1. The van der Waals surface area contributed by atoms with Crippen LogP contribution in [0.1, 0.15) is 18.1 Å². The minimum Gasteiger partial charge on any atom is -0.487 e. The zero-order valence-corrected chi connectivity index (χ0v) is 19.9. The Labute approximate surface area is 208 Å². The summed E-state index contributed by atoms with van der Waals surface area (Å²) in [5, 5.41) is 11.7. The van der Waals surface area contributed by atoms with Gasteiger partial charge >= 0.3 is 0 Å². The molecule has 1 aromatic heterocycles. The lowest BCUT2D eigenvalue weighted by molar-refractivity contribution is 0.148. The molecule has 3 aromatic carbocycles. The van der Waals surface area contributed by atoms with Crippen LogP contribution in [0.25, 0.3) is 10.9 Å². The number of halogens is 2. The molecule has 0 bridgehead atoms. The highest BCUT2D eigenvalue weighted by atomic mass is 35.5. The van der Waals surface area contributed by atoms with Crippen molar-refractivity contribution in [1.82, 2.24) is 15.3 Å². The van der Waals surface area contributed by atoms with Gasteiger partial charge in [0.1, 0.15) is 36.9 Å². The second-order valence-corrected chi connectivity index (χ2v) is 8.02. The standard InChI is InChI=1S/C26H25ClFN5O2/c1-2-29-10-11-35-32-15-18-6-8-24-22(13-18)26(31-17-30-24)33-21-7-9-25(23(27)14-21)34-16-19-4-3-5-20(28)12-19/h3-9,12-15,17,29H,2,10-11,16H2,1H3,(H,30,31,33)/b32-15+. The lowest BCUT2D eigenvalue weighted by Crippen LogP contribution is -2.17. The van der Waals surface area contributed by atoms with Crippen LogP contribution < -0.4 is 15.4 Å². The van der Waals surface area contributed by atoms with Gasteiger partial charge in [0.05, 0.1) is 16.8 Å². The molecule has 0 aliphatic carbocycles. The average molecular weight is 494 g/mol. The molecule has 7 nitrogen and oxygen atoms in total. The molecule has 1 heterocycles. The summed E-state index contributed by atoms with van der Waals surface area (Å²) in [5.74, 6) is 0.824. The maximum absolute atomic E-state index is 13.4. The van der Waals surface area contributed by atoms with Gasteiger partial charge in [0, 0.05) is 17.6 Å². The molecule has 35 heavy (non-hydrogen) atoms. The van der Waals surface area contributed by atoms with E-state index in [1.54, 1.807) is 30.5 Å². The third-order valence-corrected chi connectivity index (χ3v) is 5.33. The highest BCUT2D eigenvalue weighted by Crippen LogP contribution is 2.31. The molecule has 180 valence electrons. The summed E-state index contributed by atoms with van der Waals surface area (Å²) < 4.78 is 19.1. The van der Waals surface area contributed by atoms with E-state index in [1.807, 2.05) is 31.2 Å². The molecule has 0 spiro atoms. The Kier molecular flexibility index (Phi) is 8.43. The van der Waals surface area contributed by atoms with Gasteiger partial charge in [0.25, 0.3) is 0 Å². The summed E-state index contributed by atoms with van der Waals surface area (Å²) in [5.41, 5.74) is 3.10. The smallest absolute Gasteiger partial charge is 0.141 e. The Hall–Kier alpha value is -3.75. The quantitative estimate of drug-likeness (QED) is 0.158. The van der Waals surface area contributed by atoms with E-state index in [0.717, 1.165) is 40.8 Å². The fraction of sp³-hybridized carbons (Fsp3) is 0.192. The highest BCUT2D eigenvalue weighted by Gasteiger charge is 2.08. The lowest BCUT2D eigenvalue weighted by atomic mass is 10.1. The van der Waals surface area contributed by atoms with Crippen molar-refractivity contribution < 1.29 is 14.0 Å². The molecule has 0 saturated heterocycles. The number of nitrogens with zero attached hydrogens (tertiary/aromatic N) is 3. The van der Waals surface area contributed by atoms with E-state index < -0.39 is 0 Å². The predicted molar refractivity (Wildman–Crippen MR) is 137 cm³/mol. The first-order valence-electron chi connectivity index (χ1n) is 11.2. The van der Waals surface area contributed by atoms with Gasteiger partial charge in [-0.2, -0.15) is 0 Å². The van der Waals surface area contributed by atoms with Crippen molar-refractivity contribution in [2.24, 2.45) is 5.16 Å². The van der Waals surface area contributed by atoms with Crippen LogP contribution in [0.4, 0.5) is 15.9 Å². The van der Waals surface area contributed by atoms with Crippen LogP contribution in [0.5, 0.6) is 5.75 Å². The number of anilines is 2. The normalized spacial score (nSPS) is 11.2. The second kappa shape index (κ2) is 12.1. The molecule has 0 saturated carbocycles. The van der Waals surface area contributed by atoms with Gasteiger partial charge in [-0.1, -0.05) is 41.9 Å². The van der Waals surface area contributed by atoms with Crippen molar-refractivity contribution in [2.75, 3.05) is 25.0 Å². The number of aromatic nitrogens is 2. The molecular formula is C26H25ClFN5O2. The van der Waals surface area contributed by atoms with Gasteiger partial charge < -0.3 is 20.2 Å². The number of hydrogen-bond donors (Lipinski definition) is 2. The third-order valence-electron chi connectivity index (χ3n) is 5.03. The number of likely N-dealkylation sites (N-methyl/N-ethyl adjacent to an activating group) is 1. The second-order valence-electron chi connectivity index (χ2n) is 7.61. The van der Waals surface area contributed by atoms with Gasteiger partial charge in [0.15, 0.2) is 0 Å². The van der Waals surface area contributed by atoms with E-state index >= 15 is 0 Å². The highest BCUT2D eigenvalue weighted by molar-refractivity contribution is 6.32. The minimum atomic E-state index is -0.306. The maximum atomic E-state index is 13.4. The molecule has 0 amide bonds. The predicted octanol–water partition coefficient (Wildman–Crippen LogP) is 5.70. The number of hydrogen-bond acceptors (Lipinski definition) is 7. The first-order valence-corrected chi connectivity index (χ1v) is 11.5. The molecule has 0 fully saturated rings. The van der Waals surface area contributed by atoms with E-state index in [4.69, 9.17) is 21.2 Å². The van der Waals surface area contributed by atoms with Crippen molar-refractivity contribution in [3.63, 3.8) is 0 Å². The van der Waals surface area contributed by atoms with Crippen molar-refractivity contribution in [1.29, 1.82) is 0 Å². The van der Waals surface area contributed by atoms with Gasteiger partial charge in [-0.25, -0.2) is 14.4 Å². The first-order chi connectivity index (χ1) is 17.1. The monoisotopic (exact) mass is 493 g/mol. The number of benzene rings is 3. The van der Waals surface area contributed by atoms with Crippen LogP contribution in [-0.4, -0.2) is 35.9 Å². The summed E-state index contributed by atoms with van der Waals surface area (Å²) in [6.45, 7) is 4.38. The summed E-state index contributed by atoms with van der Waals surface area (Å²) in [4.78, 5) is 14.0. The Morgan fingerprint density at radius 2 is 2.00 bits per heavy atom. The van der Waals surface area contributed by atoms with Crippen LogP contribution >= 0.6 is 11.6 Å². The molecule has 0 unspecified atom stereocenters. The van der Waals surface area contributed by atoms with Crippen LogP contribution in [-0.2, 0) is 11.4 Å². The largest absolute Gasteiger partial charge is 0.487 e. The fourth-order valence-corrected chi connectivity index (χ4v) is 3.55. The summed E-state index contributed by atoms with van der Waals surface area (Å²) in [6, 6.07) is 17.4. The maximum Gasteiger partial charge on any atom is 0.141 e. The van der Waals surface area contributed by atoms with Crippen LogP contribution in [0.2, 0.25) is 5.02 Å². The Morgan fingerprint density at radius 3 is 2.83 bits per heavy atom. The van der Waals surface area contributed by atoms with Crippen LogP contribution in [0, 0.1) is 5.82 Å². The zero-order chi connectivity index (χ0) is 24.5. The molecule has 0 aliphatic rings. The lowest BCUT2D eigenvalue weighted by Gasteiger charge is -2.12. The molecule has 4 aromatic rings. The summed E-state index contributed by atoms with van der Waals surface area (Å²) in [7, 11) is 0. The third kappa shape index (κ3) is 6.88. The van der Waals surface area contributed by atoms with E-state index in [2.05, 4.69) is 25.8 Å². The number of ether oxygens (including phenoxy) is 1. The first kappa shape index (κ1) is 24.4. The van der Waals surface area contributed by atoms with Crippen molar-refractivity contribution in [3.05, 3.63) is 89.0 Å². The summed E-state index contributed by atoms with van der Waals surface area (Å²) >= 11 is 6.43. The molecular weight excluding hydrogens is 469 g/mol. The molecule has 0 radical (unpaired) electrons. The SMILES string of the molecule is CCNCCO/N=C/c1ccc2ncnc(Nc3ccc(OCc4cccc(F)c4)c(Cl)c3)c2c1. The Balaban J connectivity index is 1.45. The van der Waals surface area contributed by atoms with E-state index in [1.165, 1.54) is 18.5 Å². The minimum absolute atomic E-state index is 0.212. The molecule has 4 rings (SSSR count). The topological polar surface area (TPSA) is 80.7 Å². The van der Waals surface area contributed by atoms with Crippen molar-refractivity contribution in [3.8, 4) is 5.75 Å². The zero-order valence-electron chi connectivity index (χ0n) is 19.2. The van der Waals surface area contributed by atoms with Crippen LogP contribution in [0.15, 0.2) is 72.1 Å². The van der Waals surface area contributed by atoms with Gasteiger partial charge in [-0.3, -0.25) is 0 Å².